The smallest absolute Gasteiger partial charge is 0.0235 e. The van der Waals surface area contributed by atoms with E-state index < -0.39 is 0 Å². The lowest BCUT2D eigenvalue weighted by atomic mass is 9.97. The molecule has 1 atom stereocenters. The predicted octanol–water partition coefficient (Wildman–Crippen LogP) is 3.78. The van der Waals surface area contributed by atoms with Crippen LogP contribution < -0.4 is 0 Å². The summed E-state index contributed by atoms with van der Waals surface area (Å²) in [6, 6.07) is 0. The van der Waals surface area contributed by atoms with E-state index in [9.17, 15) is 0 Å². The molecule has 0 heterocycles. The molecule has 0 radical (unpaired) electrons. The zero-order chi connectivity index (χ0) is 7.98. The van der Waals surface area contributed by atoms with E-state index in [4.69, 9.17) is 0 Å². The van der Waals surface area contributed by atoms with E-state index in [-0.39, 0.29) is 0 Å². The largest absolute Gasteiger partial charge is 0.0856 e. The third-order valence-corrected chi connectivity index (χ3v) is 2.03. The maximum Gasteiger partial charge on any atom is -0.0235 e. The molecule has 0 aliphatic rings. The molecule has 0 nitrogen and oxygen atoms in total. The first-order chi connectivity index (χ1) is 4.72. The fourth-order valence-electron chi connectivity index (χ4n) is 1.18. The lowest BCUT2D eigenvalue weighted by Crippen LogP contribution is -1.94. The van der Waals surface area contributed by atoms with Crippen LogP contribution >= 0.6 is 0 Å². The zero-order valence-electron chi connectivity index (χ0n) is 7.78. The first-order valence-corrected chi connectivity index (χ1v) is 4.39. The Morgan fingerprint density at radius 2 is 2.00 bits per heavy atom. The summed E-state index contributed by atoms with van der Waals surface area (Å²) in [7, 11) is 0. The maximum atomic E-state index is 2.33. The van der Waals surface area contributed by atoms with Crippen molar-refractivity contribution in [1.29, 1.82) is 0 Å². The molecule has 0 spiro atoms. The third-order valence-electron chi connectivity index (χ3n) is 2.03. The molecular weight excluding hydrogens is 120 g/mol. The molecule has 0 aromatic carbocycles. The SMILES string of the molecule is CC/C=C(\C)C(C)CCC. The van der Waals surface area contributed by atoms with Crippen molar-refractivity contribution in [2.45, 2.75) is 47.0 Å². The average Bonchev–Trinajstić information content (AvgIpc) is 1.89. The summed E-state index contributed by atoms with van der Waals surface area (Å²) in [5, 5.41) is 0. The maximum absolute atomic E-state index is 2.33. The molecule has 60 valence electrons. The van der Waals surface area contributed by atoms with E-state index in [0.717, 1.165) is 5.92 Å². The van der Waals surface area contributed by atoms with Crippen molar-refractivity contribution in [3.8, 4) is 0 Å². The van der Waals surface area contributed by atoms with Gasteiger partial charge in [0, 0.05) is 0 Å². The van der Waals surface area contributed by atoms with Crippen molar-refractivity contribution in [3.05, 3.63) is 11.6 Å². The Morgan fingerprint density at radius 1 is 1.40 bits per heavy atom. The summed E-state index contributed by atoms with van der Waals surface area (Å²) in [4.78, 5) is 0. The Labute approximate surface area is 65.3 Å². The monoisotopic (exact) mass is 140 g/mol. The van der Waals surface area contributed by atoms with Crippen LogP contribution in [0.5, 0.6) is 0 Å². The summed E-state index contributed by atoms with van der Waals surface area (Å²) in [6.45, 7) is 8.99. The van der Waals surface area contributed by atoms with Crippen molar-refractivity contribution in [2.75, 3.05) is 0 Å². The van der Waals surface area contributed by atoms with Crippen LogP contribution in [0.15, 0.2) is 11.6 Å². The highest BCUT2D eigenvalue weighted by Gasteiger charge is 2.00. The van der Waals surface area contributed by atoms with Crippen LogP contribution in [0.3, 0.4) is 0 Å². The van der Waals surface area contributed by atoms with E-state index in [0.29, 0.717) is 0 Å². The van der Waals surface area contributed by atoms with Gasteiger partial charge in [0.2, 0.25) is 0 Å². The fraction of sp³-hybridized carbons (Fsp3) is 0.800. The first kappa shape index (κ1) is 9.74. The fourth-order valence-corrected chi connectivity index (χ4v) is 1.18. The van der Waals surface area contributed by atoms with E-state index >= 15 is 0 Å². The standard InChI is InChI=1S/C10H20/c1-5-7-9(3)10(4)8-6-2/h7,10H,5-6,8H2,1-4H3/b9-7+. The molecular formula is C10H20. The topological polar surface area (TPSA) is 0 Å². The highest BCUT2D eigenvalue weighted by atomic mass is 14.1. The summed E-state index contributed by atoms with van der Waals surface area (Å²) in [5.41, 5.74) is 1.56. The van der Waals surface area contributed by atoms with E-state index in [1.807, 2.05) is 0 Å². The van der Waals surface area contributed by atoms with Gasteiger partial charge in [0.15, 0.2) is 0 Å². The van der Waals surface area contributed by atoms with Crippen molar-refractivity contribution in [2.24, 2.45) is 5.92 Å². The minimum Gasteiger partial charge on any atom is -0.0856 e. The molecule has 0 rings (SSSR count). The number of rotatable bonds is 4. The van der Waals surface area contributed by atoms with E-state index in [2.05, 4.69) is 33.8 Å². The Kier molecular flexibility index (Phi) is 5.38. The Bertz CT molecular complexity index is 101. The van der Waals surface area contributed by atoms with Gasteiger partial charge in [-0.1, -0.05) is 38.8 Å². The highest BCUT2D eigenvalue weighted by Crippen LogP contribution is 2.15. The first-order valence-electron chi connectivity index (χ1n) is 4.39. The molecule has 0 aromatic rings. The van der Waals surface area contributed by atoms with Gasteiger partial charge in [-0.2, -0.15) is 0 Å². The van der Waals surface area contributed by atoms with Crippen LogP contribution in [0.25, 0.3) is 0 Å². The van der Waals surface area contributed by atoms with Crippen LogP contribution in [0.4, 0.5) is 0 Å². The molecule has 0 aliphatic heterocycles. The van der Waals surface area contributed by atoms with Gasteiger partial charge in [0.1, 0.15) is 0 Å². The molecule has 0 fully saturated rings. The van der Waals surface area contributed by atoms with Gasteiger partial charge in [-0.25, -0.2) is 0 Å². The van der Waals surface area contributed by atoms with Gasteiger partial charge in [-0.3, -0.25) is 0 Å². The van der Waals surface area contributed by atoms with Gasteiger partial charge in [-0.15, -0.1) is 0 Å². The molecule has 0 amide bonds. The van der Waals surface area contributed by atoms with Crippen LogP contribution in [0.2, 0.25) is 0 Å². The third kappa shape index (κ3) is 3.71. The lowest BCUT2D eigenvalue weighted by Gasteiger charge is -2.09. The molecule has 0 N–H and O–H groups in total. The van der Waals surface area contributed by atoms with Crippen molar-refractivity contribution >= 4 is 0 Å². The molecule has 0 heteroatoms. The summed E-state index contributed by atoms with van der Waals surface area (Å²) >= 11 is 0. The minimum atomic E-state index is 0.796. The molecule has 0 bridgehead atoms. The Morgan fingerprint density at radius 3 is 2.40 bits per heavy atom. The molecule has 1 unspecified atom stereocenters. The normalized spacial score (nSPS) is 15.4. The zero-order valence-corrected chi connectivity index (χ0v) is 7.78. The van der Waals surface area contributed by atoms with Crippen LogP contribution in [0, 0.1) is 5.92 Å². The second-order valence-corrected chi connectivity index (χ2v) is 3.05. The quantitative estimate of drug-likeness (QED) is 0.521. The summed E-state index contributed by atoms with van der Waals surface area (Å²) in [6.07, 6.45) is 6.15. The van der Waals surface area contributed by atoms with Gasteiger partial charge < -0.3 is 0 Å². The molecule has 0 aliphatic carbocycles. The summed E-state index contributed by atoms with van der Waals surface area (Å²) in [5.74, 6) is 0.796. The van der Waals surface area contributed by atoms with Crippen molar-refractivity contribution < 1.29 is 0 Å². The molecule has 0 aromatic heterocycles. The number of allylic oxidation sites excluding steroid dienone is 2. The van der Waals surface area contributed by atoms with E-state index in [1.165, 1.54) is 19.3 Å². The average molecular weight is 140 g/mol. The lowest BCUT2D eigenvalue weighted by molar-refractivity contribution is 0.599. The molecule has 10 heavy (non-hydrogen) atoms. The van der Waals surface area contributed by atoms with Gasteiger partial charge in [-0.05, 0) is 25.7 Å². The Hall–Kier alpha value is -0.260. The highest BCUT2D eigenvalue weighted by molar-refractivity contribution is 5.01. The molecule has 0 saturated heterocycles. The summed E-state index contributed by atoms with van der Waals surface area (Å²) < 4.78 is 0. The Balaban J connectivity index is 3.69. The van der Waals surface area contributed by atoms with Crippen molar-refractivity contribution in [1.82, 2.24) is 0 Å². The predicted molar refractivity (Wildman–Crippen MR) is 48.1 cm³/mol. The molecule has 0 saturated carbocycles. The van der Waals surface area contributed by atoms with Gasteiger partial charge >= 0.3 is 0 Å². The second-order valence-electron chi connectivity index (χ2n) is 3.05. The van der Waals surface area contributed by atoms with Crippen LogP contribution in [0.1, 0.15) is 47.0 Å². The van der Waals surface area contributed by atoms with E-state index in [1.54, 1.807) is 5.57 Å². The number of hydrogen-bond donors (Lipinski definition) is 0. The van der Waals surface area contributed by atoms with Crippen LogP contribution in [-0.4, -0.2) is 0 Å². The second kappa shape index (κ2) is 5.52. The van der Waals surface area contributed by atoms with Crippen molar-refractivity contribution in [3.63, 3.8) is 0 Å². The van der Waals surface area contributed by atoms with Gasteiger partial charge in [0.05, 0.1) is 0 Å². The minimum absolute atomic E-state index is 0.796. The van der Waals surface area contributed by atoms with Gasteiger partial charge in [0.25, 0.3) is 0 Å². The van der Waals surface area contributed by atoms with Crippen LogP contribution in [-0.2, 0) is 0 Å². The number of hydrogen-bond acceptors (Lipinski definition) is 0.